The number of aromatic hydroxyl groups is 1. The monoisotopic (exact) mass is 286 g/mol. The summed E-state index contributed by atoms with van der Waals surface area (Å²) in [6, 6.07) is 3.72. The summed E-state index contributed by atoms with van der Waals surface area (Å²) in [5.74, 6) is 0.307. The average molecular weight is 287 g/mol. The highest BCUT2D eigenvalue weighted by molar-refractivity contribution is 5.85. The third-order valence-corrected chi connectivity index (χ3v) is 3.72. The molecular weight excluding hydrogens is 268 g/mol. The van der Waals surface area contributed by atoms with Crippen molar-refractivity contribution in [2.75, 3.05) is 0 Å². The summed E-state index contributed by atoms with van der Waals surface area (Å²) < 4.78 is 0. The highest BCUT2D eigenvalue weighted by atomic mass is 35.5. The predicted octanol–water partition coefficient (Wildman–Crippen LogP) is 3.30. The molecule has 19 heavy (non-hydrogen) atoms. The van der Waals surface area contributed by atoms with Gasteiger partial charge in [0.25, 0.3) is 5.69 Å². The molecule has 1 aliphatic rings. The number of nitrogens with zero attached hydrogens (tertiary/aromatic N) is 1. The van der Waals surface area contributed by atoms with Gasteiger partial charge in [0.1, 0.15) is 5.75 Å². The van der Waals surface area contributed by atoms with Crippen LogP contribution < -0.4 is 5.73 Å². The maximum atomic E-state index is 11.0. The van der Waals surface area contributed by atoms with Crippen LogP contribution in [0.4, 0.5) is 5.69 Å². The molecule has 5 nitrogen and oxygen atoms in total. The van der Waals surface area contributed by atoms with Crippen LogP contribution in [0.25, 0.3) is 0 Å². The molecule has 1 aliphatic carbocycles. The lowest BCUT2D eigenvalue weighted by atomic mass is 9.81. The Hall–Kier alpha value is -1.33. The summed E-state index contributed by atoms with van der Waals surface area (Å²) in [5.41, 5.74) is 6.62. The summed E-state index contributed by atoms with van der Waals surface area (Å²) in [5, 5.41) is 20.5. The van der Waals surface area contributed by atoms with Crippen LogP contribution in [0.5, 0.6) is 5.75 Å². The van der Waals surface area contributed by atoms with E-state index in [4.69, 9.17) is 5.73 Å². The standard InChI is InChI=1S/C13H18N2O3.ClH/c14-13(9-4-2-1-3-5-9)11-8-10(16)6-7-12(11)15(17)18;/h6-9,13,16H,1-5,14H2;1H/t13-;/m0./s1. The van der Waals surface area contributed by atoms with Gasteiger partial charge in [-0.05, 0) is 30.9 Å². The number of phenolic OH excluding ortho intramolecular Hbond substituents is 1. The molecule has 0 amide bonds. The maximum absolute atomic E-state index is 11.0. The lowest BCUT2D eigenvalue weighted by Crippen LogP contribution is -2.24. The highest BCUT2D eigenvalue weighted by Crippen LogP contribution is 2.37. The smallest absolute Gasteiger partial charge is 0.274 e. The Bertz CT molecular complexity index is 448. The Morgan fingerprint density at radius 1 is 1.32 bits per heavy atom. The van der Waals surface area contributed by atoms with Gasteiger partial charge in [-0.25, -0.2) is 0 Å². The molecular formula is C13H19ClN2O3. The van der Waals surface area contributed by atoms with E-state index < -0.39 is 4.92 Å². The zero-order valence-electron chi connectivity index (χ0n) is 10.6. The van der Waals surface area contributed by atoms with E-state index in [1.54, 1.807) is 0 Å². The molecule has 1 atom stereocenters. The fraction of sp³-hybridized carbons (Fsp3) is 0.538. The van der Waals surface area contributed by atoms with Crippen LogP contribution in [0.2, 0.25) is 0 Å². The van der Waals surface area contributed by atoms with Crippen LogP contribution in [0, 0.1) is 16.0 Å². The zero-order valence-corrected chi connectivity index (χ0v) is 11.4. The lowest BCUT2D eigenvalue weighted by Gasteiger charge is -2.27. The van der Waals surface area contributed by atoms with Crippen molar-refractivity contribution in [2.45, 2.75) is 38.1 Å². The van der Waals surface area contributed by atoms with Gasteiger partial charge in [0.15, 0.2) is 0 Å². The first-order chi connectivity index (χ1) is 8.59. The van der Waals surface area contributed by atoms with Crippen molar-refractivity contribution in [1.82, 2.24) is 0 Å². The predicted molar refractivity (Wildman–Crippen MR) is 75.5 cm³/mol. The van der Waals surface area contributed by atoms with Gasteiger partial charge in [0, 0.05) is 12.1 Å². The molecule has 0 aromatic heterocycles. The molecule has 0 saturated heterocycles. The molecule has 0 heterocycles. The Balaban J connectivity index is 0.00000180. The van der Waals surface area contributed by atoms with E-state index in [2.05, 4.69) is 0 Å². The number of phenols is 1. The second kappa shape index (κ2) is 6.73. The van der Waals surface area contributed by atoms with Gasteiger partial charge >= 0.3 is 0 Å². The zero-order chi connectivity index (χ0) is 13.1. The first-order valence-corrected chi connectivity index (χ1v) is 6.32. The number of rotatable bonds is 3. The Morgan fingerprint density at radius 2 is 1.95 bits per heavy atom. The molecule has 1 aromatic rings. The van der Waals surface area contributed by atoms with Crippen molar-refractivity contribution in [1.29, 1.82) is 0 Å². The van der Waals surface area contributed by atoms with Gasteiger partial charge in [0.05, 0.1) is 10.5 Å². The summed E-state index contributed by atoms with van der Waals surface area (Å²) in [4.78, 5) is 10.6. The lowest BCUT2D eigenvalue weighted by molar-refractivity contribution is -0.385. The second-order valence-corrected chi connectivity index (χ2v) is 4.92. The molecule has 0 unspecified atom stereocenters. The van der Waals surface area contributed by atoms with E-state index in [0.29, 0.717) is 5.56 Å². The van der Waals surface area contributed by atoms with Crippen molar-refractivity contribution in [3.63, 3.8) is 0 Å². The maximum Gasteiger partial charge on any atom is 0.274 e. The fourth-order valence-corrected chi connectivity index (χ4v) is 2.72. The SMILES string of the molecule is Cl.N[C@H](c1cc(O)ccc1[N+](=O)[O-])C1CCCCC1. The largest absolute Gasteiger partial charge is 0.508 e. The first-order valence-electron chi connectivity index (χ1n) is 6.32. The van der Waals surface area contributed by atoms with Gasteiger partial charge in [0.2, 0.25) is 0 Å². The van der Waals surface area contributed by atoms with E-state index in [9.17, 15) is 15.2 Å². The Labute approximate surface area is 118 Å². The van der Waals surface area contributed by atoms with E-state index in [1.807, 2.05) is 0 Å². The quantitative estimate of drug-likeness (QED) is 0.659. The Kier molecular flexibility index (Phi) is 5.57. The minimum absolute atomic E-state index is 0. The molecule has 0 spiro atoms. The fourth-order valence-electron chi connectivity index (χ4n) is 2.72. The minimum atomic E-state index is -0.433. The van der Waals surface area contributed by atoms with Crippen molar-refractivity contribution in [3.8, 4) is 5.75 Å². The summed E-state index contributed by atoms with van der Waals surface area (Å²) in [7, 11) is 0. The number of nitro benzene ring substituents is 1. The molecule has 0 bridgehead atoms. The molecule has 106 valence electrons. The van der Waals surface area contributed by atoms with Gasteiger partial charge in [-0.3, -0.25) is 10.1 Å². The molecule has 1 saturated carbocycles. The number of benzene rings is 1. The van der Waals surface area contributed by atoms with E-state index >= 15 is 0 Å². The second-order valence-electron chi connectivity index (χ2n) is 4.92. The van der Waals surface area contributed by atoms with E-state index in [0.717, 1.165) is 25.7 Å². The molecule has 1 fully saturated rings. The molecule has 0 aliphatic heterocycles. The van der Waals surface area contributed by atoms with Crippen molar-refractivity contribution < 1.29 is 10.0 Å². The van der Waals surface area contributed by atoms with Gasteiger partial charge in [-0.1, -0.05) is 19.3 Å². The molecule has 0 radical (unpaired) electrons. The Morgan fingerprint density at radius 3 is 2.53 bits per heavy atom. The highest BCUT2D eigenvalue weighted by Gasteiger charge is 2.27. The van der Waals surface area contributed by atoms with Crippen LogP contribution in [-0.2, 0) is 0 Å². The summed E-state index contributed by atoms with van der Waals surface area (Å²) in [6.45, 7) is 0. The molecule has 1 aromatic carbocycles. The summed E-state index contributed by atoms with van der Waals surface area (Å²) in [6.07, 6.45) is 5.49. The van der Waals surface area contributed by atoms with Gasteiger partial charge < -0.3 is 10.8 Å². The third kappa shape index (κ3) is 3.58. The van der Waals surface area contributed by atoms with E-state index in [-0.39, 0.29) is 35.8 Å². The van der Waals surface area contributed by atoms with E-state index in [1.165, 1.54) is 24.6 Å². The summed E-state index contributed by atoms with van der Waals surface area (Å²) >= 11 is 0. The topological polar surface area (TPSA) is 89.4 Å². The minimum Gasteiger partial charge on any atom is -0.508 e. The van der Waals surface area contributed by atoms with Gasteiger partial charge in [-0.2, -0.15) is 0 Å². The van der Waals surface area contributed by atoms with Crippen molar-refractivity contribution in [3.05, 3.63) is 33.9 Å². The average Bonchev–Trinajstić information content (AvgIpc) is 2.38. The van der Waals surface area contributed by atoms with Crippen LogP contribution in [-0.4, -0.2) is 10.0 Å². The number of nitro groups is 1. The van der Waals surface area contributed by atoms with Gasteiger partial charge in [-0.15, -0.1) is 12.4 Å². The van der Waals surface area contributed by atoms with Crippen LogP contribution in [0.15, 0.2) is 18.2 Å². The van der Waals surface area contributed by atoms with Crippen LogP contribution in [0.3, 0.4) is 0 Å². The molecule has 3 N–H and O–H groups in total. The normalized spacial score (nSPS) is 17.5. The van der Waals surface area contributed by atoms with Crippen LogP contribution in [0.1, 0.15) is 43.7 Å². The number of halogens is 1. The first kappa shape index (κ1) is 15.7. The number of hydrogen-bond acceptors (Lipinski definition) is 4. The molecule has 2 rings (SSSR count). The van der Waals surface area contributed by atoms with Crippen molar-refractivity contribution >= 4 is 18.1 Å². The third-order valence-electron chi connectivity index (χ3n) is 3.72. The number of hydrogen-bond donors (Lipinski definition) is 2. The van der Waals surface area contributed by atoms with Crippen LogP contribution >= 0.6 is 12.4 Å². The molecule has 6 heteroatoms. The van der Waals surface area contributed by atoms with Crippen molar-refractivity contribution in [2.24, 2.45) is 11.7 Å². The number of nitrogens with two attached hydrogens (primary N) is 1.